The van der Waals surface area contributed by atoms with E-state index < -0.39 is 17.7 Å². The monoisotopic (exact) mass is 243 g/mol. The van der Waals surface area contributed by atoms with Crippen LogP contribution in [0, 0.1) is 0 Å². The van der Waals surface area contributed by atoms with Crippen molar-refractivity contribution in [2.45, 2.75) is 71.9 Å². The van der Waals surface area contributed by atoms with Crippen molar-refractivity contribution in [3.8, 4) is 0 Å². The van der Waals surface area contributed by atoms with Gasteiger partial charge in [0, 0.05) is 6.42 Å². The normalized spacial score (nSPS) is 13.0. The molecule has 0 saturated heterocycles. The summed E-state index contributed by atoms with van der Waals surface area (Å²) < 4.78 is 5.14. The Hall–Kier alpha value is -1.06. The molecule has 0 spiro atoms. The molecular weight excluding hydrogens is 218 g/mol. The Morgan fingerprint density at radius 1 is 1.24 bits per heavy atom. The third-order valence-electron chi connectivity index (χ3n) is 2.27. The molecule has 0 saturated carbocycles. The first-order chi connectivity index (χ1) is 7.80. The number of Topliss-reactive ketones (excluding diaryl/α,β-unsaturated/α-hetero) is 1. The predicted octanol–water partition coefficient (Wildman–Crippen LogP) is 3.05. The Labute approximate surface area is 104 Å². The van der Waals surface area contributed by atoms with Crippen molar-refractivity contribution < 1.29 is 14.3 Å². The molecule has 1 amide bonds. The summed E-state index contributed by atoms with van der Waals surface area (Å²) in [7, 11) is 0. The van der Waals surface area contributed by atoms with Crippen LogP contribution in [0.15, 0.2) is 0 Å². The summed E-state index contributed by atoms with van der Waals surface area (Å²) in [6, 6.07) is -0.408. The molecule has 4 heteroatoms. The molecule has 0 aliphatic rings. The van der Waals surface area contributed by atoms with Crippen molar-refractivity contribution in [1.29, 1.82) is 0 Å². The van der Waals surface area contributed by atoms with Gasteiger partial charge in [0.1, 0.15) is 5.60 Å². The molecule has 0 aliphatic carbocycles. The second-order valence-electron chi connectivity index (χ2n) is 5.16. The summed E-state index contributed by atoms with van der Waals surface area (Å²) in [4.78, 5) is 23.2. The van der Waals surface area contributed by atoms with Crippen LogP contribution in [-0.2, 0) is 9.53 Å². The van der Waals surface area contributed by atoms with Gasteiger partial charge in [0.15, 0.2) is 5.78 Å². The highest BCUT2D eigenvalue weighted by molar-refractivity contribution is 5.87. The van der Waals surface area contributed by atoms with E-state index in [1.807, 2.05) is 0 Å². The molecule has 1 atom stereocenters. The summed E-state index contributed by atoms with van der Waals surface area (Å²) in [5.74, 6) is 0.0595. The summed E-state index contributed by atoms with van der Waals surface area (Å²) in [5.41, 5.74) is -0.533. The van der Waals surface area contributed by atoms with Crippen LogP contribution < -0.4 is 5.32 Å². The molecule has 0 radical (unpaired) electrons. The SMILES string of the molecule is CCCC[C@H](NC(=O)OC(C)(C)C)C(=O)CC. The minimum Gasteiger partial charge on any atom is -0.444 e. The Morgan fingerprint density at radius 3 is 2.24 bits per heavy atom. The van der Waals surface area contributed by atoms with Crippen molar-refractivity contribution in [2.75, 3.05) is 0 Å². The lowest BCUT2D eigenvalue weighted by Gasteiger charge is -2.22. The molecule has 17 heavy (non-hydrogen) atoms. The molecule has 100 valence electrons. The highest BCUT2D eigenvalue weighted by Crippen LogP contribution is 2.09. The van der Waals surface area contributed by atoms with Gasteiger partial charge >= 0.3 is 6.09 Å². The van der Waals surface area contributed by atoms with Crippen LogP contribution in [0.3, 0.4) is 0 Å². The topological polar surface area (TPSA) is 55.4 Å². The standard InChI is InChI=1S/C13H25NO3/c1-6-8-9-10(11(15)7-2)14-12(16)17-13(3,4)5/h10H,6-9H2,1-5H3,(H,14,16)/t10-/m0/s1. The number of rotatable bonds is 6. The van der Waals surface area contributed by atoms with E-state index in [0.29, 0.717) is 12.8 Å². The van der Waals surface area contributed by atoms with Gasteiger partial charge in [-0.05, 0) is 27.2 Å². The van der Waals surface area contributed by atoms with E-state index in [9.17, 15) is 9.59 Å². The van der Waals surface area contributed by atoms with Crippen LogP contribution in [0.1, 0.15) is 60.3 Å². The fourth-order valence-corrected chi connectivity index (χ4v) is 1.42. The average Bonchev–Trinajstić information content (AvgIpc) is 2.20. The number of carbonyl (C=O) groups excluding carboxylic acids is 2. The Kier molecular flexibility index (Phi) is 6.85. The molecule has 0 aromatic rings. The molecule has 0 fully saturated rings. The lowest BCUT2D eigenvalue weighted by Crippen LogP contribution is -2.43. The fraction of sp³-hybridized carbons (Fsp3) is 0.846. The van der Waals surface area contributed by atoms with Crippen LogP contribution in [0.5, 0.6) is 0 Å². The zero-order valence-corrected chi connectivity index (χ0v) is 11.6. The Morgan fingerprint density at radius 2 is 1.82 bits per heavy atom. The number of alkyl carbamates (subject to hydrolysis) is 1. The third-order valence-corrected chi connectivity index (χ3v) is 2.27. The first kappa shape index (κ1) is 15.9. The number of ketones is 1. The second kappa shape index (κ2) is 7.30. The number of carbonyl (C=O) groups is 2. The van der Waals surface area contributed by atoms with Crippen LogP contribution in [0.4, 0.5) is 4.79 Å². The smallest absolute Gasteiger partial charge is 0.408 e. The third kappa shape index (κ3) is 7.77. The van der Waals surface area contributed by atoms with Gasteiger partial charge in [-0.2, -0.15) is 0 Å². The molecule has 0 unspecified atom stereocenters. The largest absolute Gasteiger partial charge is 0.444 e. The summed E-state index contributed by atoms with van der Waals surface area (Å²) >= 11 is 0. The predicted molar refractivity (Wildman–Crippen MR) is 68.0 cm³/mol. The first-order valence-corrected chi connectivity index (χ1v) is 6.32. The number of hydrogen-bond donors (Lipinski definition) is 1. The van der Waals surface area contributed by atoms with Crippen molar-refractivity contribution in [3.63, 3.8) is 0 Å². The molecule has 0 aliphatic heterocycles. The second-order valence-corrected chi connectivity index (χ2v) is 5.16. The van der Waals surface area contributed by atoms with Gasteiger partial charge in [-0.1, -0.05) is 26.7 Å². The first-order valence-electron chi connectivity index (χ1n) is 6.32. The molecule has 0 aromatic carbocycles. The quantitative estimate of drug-likeness (QED) is 0.780. The number of nitrogens with one attached hydrogen (secondary N) is 1. The Balaban J connectivity index is 4.32. The van der Waals surface area contributed by atoms with Crippen molar-refractivity contribution in [3.05, 3.63) is 0 Å². The lowest BCUT2D eigenvalue weighted by molar-refractivity contribution is -0.121. The lowest BCUT2D eigenvalue weighted by atomic mass is 10.0. The van der Waals surface area contributed by atoms with E-state index in [2.05, 4.69) is 12.2 Å². The maximum atomic E-state index is 11.6. The minimum absolute atomic E-state index is 0.0595. The zero-order chi connectivity index (χ0) is 13.5. The van der Waals surface area contributed by atoms with Gasteiger partial charge < -0.3 is 10.1 Å². The van der Waals surface area contributed by atoms with Crippen LogP contribution >= 0.6 is 0 Å². The molecule has 0 heterocycles. The fourth-order valence-electron chi connectivity index (χ4n) is 1.42. The van der Waals surface area contributed by atoms with E-state index >= 15 is 0 Å². The van der Waals surface area contributed by atoms with E-state index in [1.165, 1.54) is 0 Å². The van der Waals surface area contributed by atoms with E-state index in [1.54, 1.807) is 27.7 Å². The van der Waals surface area contributed by atoms with Gasteiger partial charge in [0.2, 0.25) is 0 Å². The molecule has 0 bridgehead atoms. The van der Waals surface area contributed by atoms with Crippen molar-refractivity contribution >= 4 is 11.9 Å². The summed E-state index contributed by atoms with van der Waals surface area (Å²) in [6.07, 6.45) is 2.53. The summed E-state index contributed by atoms with van der Waals surface area (Å²) in [6.45, 7) is 9.26. The van der Waals surface area contributed by atoms with Gasteiger partial charge in [0.25, 0.3) is 0 Å². The van der Waals surface area contributed by atoms with Crippen LogP contribution in [0.2, 0.25) is 0 Å². The van der Waals surface area contributed by atoms with Crippen LogP contribution in [0.25, 0.3) is 0 Å². The minimum atomic E-state index is -0.533. The highest BCUT2D eigenvalue weighted by Gasteiger charge is 2.22. The average molecular weight is 243 g/mol. The summed E-state index contributed by atoms with van der Waals surface area (Å²) in [5, 5.41) is 2.65. The van der Waals surface area contributed by atoms with E-state index in [4.69, 9.17) is 4.74 Å². The van der Waals surface area contributed by atoms with Gasteiger partial charge in [-0.25, -0.2) is 4.79 Å². The van der Waals surface area contributed by atoms with Crippen LogP contribution in [-0.4, -0.2) is 23.5 Å². The van der Waals surface area contributed by atoms with Gasteiger partial charge in [-0.3, -0.25) is 4.79 Å². The molecule has 4 nitrogen and oxygen atoms in total. The maximum absolute atomic E-state index is 11.6. The molecule has 0 rings (SSSR count). The number of amides is 1. The molecule has 1 N–H and O–H groups in total. The van der Waals surface area contributed by atoms with Gasteiger partial charge in [-0.15, -0.1) is 0 Å². The van der Waals surface area contributed by atoms with E-state index in [0.717, 1.165) is 12.8 Å². The number of unbranched alkanes of at least 4 members (excludes halogenated alkanes) is 1. The molecule has 0 aromatic heterocycles. The van der Waals surface area contributed by atoms with Crippen molar-refractivity contribution in [2.24, 2.45) is 0 Å². The van der Waals surface area contributed by atoms with Gasteiger partial charge in [0.05, 0.1) is 6.04 Å². The van der Waals surface area contributed by atoms with Crippen molar-refractivity contribution in [1.82, 2.24) is 5.32 Å². The Bertz CT molecular complexity index is 256. The number of ether oxygens (including phenoxy) is 1. The molecular formula is C13H25NO3. The number of hydrogen-bond acceptors (Lipinski definition) is 3. The van der Waals surface area contributed by atoms with E-state index in [-0.39, 0.29) is 5.78 Å². The highest BCUT2D eigenvalue weighted by atomic mass is 16.6. The maximum Gasteiger partial charge on any atom is 0.408 e. The zero-order valence-electron chi connectivity index (χ0n) is 11.6.